The molecule has 0 aliphatic heterocycles. The summed E-state index contributed by atoms with van der Waals surface area (Å²) in [6.07, 6.45) is 0. The Labute approximate surface area is 445 Å². The van der Waals surface area contributed by atoms with E-state index in [1.54, 1.807) is 0 Å². The van der Waals surface area contributed by atoms with E-state index in [1.807, 2.05) is 6.07 Å². The van der Waals surface area contributed by atoms with Gasteiger partial charge >= 0.3 is 0 Å². The molecule has 0 saturated carbocycles. The van der Waals surface area contributed by atoms with Crippen LogP contribution in [0.2, 0.25) is 0 Å². The molecule has 1 heteroatoms. The van der Waals surface area contributed by atoms with Gasteiger partial charge in [0.15, 0.2) is 0 Å². The lowest BCUT2D eigenvalue weighted by Crippen LogP contribution is -1.92. The molecule has 77 heavy (non-hydrogen) atoms. The standard InChI is InChI=1S/C76H46O/c1-2-21-54-47(17-1)18-13-31-55(54)48-37-39-49(40-38-48)72-60-22-3-5-24-62(60)73(63-25-6-4-23-61(63)72)58-32-14-19-52-45-50(41-43-56(52)58)51-42-44-57-53(46-51)20-15-33-59(57)74-64-26-7-9-28-66(64)75(67-29-10-8-27-65(67)74)69-34-16-36-71-76(69)68-30-11-12-35-70(68)77-71/h1-46H. The molecule has 1 aromatic heterocycles. The van der Waals surface area contributed by atoms with Crippen LogP contribution >= 0.6 is 0 Å². The number of para-hydroxylation sites is 1. The van der Waals surface area contributed by atoms with Gasteiger partial charge in [-0.3, -0.25) is 0 Å². The van der Waals surface area contributed by atoms with Crippen LogP contribution in [-0.4, -0.2) is 0 Å². The zero-order valence-corrected chi connectivity index (χ0v) is 42.0. The molecule has 0 N–H and O–H groups in total. The Morgan fingerprint density at radius 2 is 0.519 bits per heavy atom. The van der Waals surface area contributed by atoms with Crippen LogP contribution in [0.4, 0.5) is 0 Å². The predicted molar refractivity (Wildman–Crippen MR) is 329 cm³/mol. The maximum Gasteiger partial charge on any atom is 0.136 e. The maximum absolute atomic E-state index is 6.43. The van der Waals surface area contributed by atoms with Crippen molar-refractivity contribution >= 4 is 97.3 Å². The van der Waals surface area contributed by atoms with Gasteiger partial charge in [-0.25, -0.2) is 0 Å². The molecule has 0 spiro atoms. The van der Waals surface area contributed by atoms with Gasteiger partial charge in [0.25, 0.3) is 0 Å². The van der Waals surface area contributed by atoms with Gasteiger partial charge in [0.05, 0.1) is 0 Å². The van der Waals surface area contributed by atoms with Crippen molar-refractivity contribution in [3.05, 3.63) is 279 Å². The molecule has 0 bridgehead atoms. The third-order valence-electron chi connectivity index (χ3n) is 16.4. The number of rotatable bonds is 6. The van der Waals surface area contributed by atoms with E-state index in [9.17, 15) is 0 Å². The van der Waals surface area contributed by atoms with Crippen molar-refractivity contribution in [2.75, 3.05) is 0 Å². The Kier molecular flexibility index (Phi) is 9.71. The van der Waals surface area contributed by atoms with Gasteiger partial charge in [-0.1, -0.05) is 255 Å². The molecular weight excluding hydrogens is 929 g/mol. The zero-order chi connectivity index (χ0) is 50.6. The molecule has 15 aromatic carbocycles. The predicted octanol–water partition coefficient (Wildman–Crippen LogP) is 21.7. The molecule has 0 atom stereocenters. The lowest BCUT2D eigenvalue weighted by molar-refractivity contribution is 0.669. The van der Waals surface area contributed by atoms with Crippen molar-refractivity contribution < 1.29 is 4.42 Å². The lowest BCUT2D eigenvalue weighted by Gasteiger charge is -2.19. The van der Waals surface area contributed by atoms with Crippen molar-refractivity contribution in [3.63, 3.8) is 0 Å². The highest BCUT2D eigenvalue weighted by Crippen LogP contribution is 2.50. The topological polar surface area (TPSA) is 13.1 Å². The van der Waals surface area contributed by atoms with Crippen molar-refractivity contribution in [1.29, 1.82) is 0 Å². The van der Waals surface area contributed by atoms with Gasteiger partial charge in [0.2, 0.25) is 0 Å². The Bertz CT molecular complexity index is 4970. The number of hydrogen-bond acceptors (Lipinski definition) is 1. The van der Waals surface area contributed by atoms with E-state index >= 15 is 0 Å². The van der Waals surface area contributed by atoms with Gasteiger partial charge in [0, 0.05) is 10.8 Å². The molecule has 0 aliphatic rings. The molecule has 16 aromatic rings. The molecule has 0 fully saturated rings. The highest BCUT2D eigenvalue weighted by molar-refractivity contribution is 6.28. The Hall–Kier alpha value is -10.1. The first-order valence-corrected chi connectivity index (χ1v) is 26.6. The first-order valence-electron chi connectivity index (χ1n) is 26.6. The van der Waals surface area contributed by atoms with Gasteiger partial charge in [-0.05, 0) is 166 Å². The molecule has 356 valence electrons. The fourth-order valence-corrected chi connectivity index (χ4v) is 13.1. The Morgan fingerprint density at radius 1 is 0.182 bits per heavy atom. The third kappa shape index (κ3) is 6.74. The highest BCUT2D eigenvalue weighted by Gasteiger charge is 2.22. The minimum Gasteiger partial charge on any atom is -0.456 e. The average Bonchev–Trinajstić information content (AvgIpc) is 4.08. The van der Waals surface area contributed by atoms with Crippen LogP contribution < -0.4 is 0 Å². The summed E-state index contributed by atoms with van der Waals surface area (Å²) in [7, 11) is 0. The number of furan rings is 1. The molecule has 16 rings (SSSR count). The van der Waals surface area contributed by atoms with Crippen LogP contribution in [-0.2, 0) is 0 Å². The van der Waals surface area contributed by atoms with Gasteiger partial charge in [0.1, 0.15) is 11.2 Å². The summed E-state index contributed by atoms with van der Waals surface area (Å²) in [6, 6.07) is 103. The summed E-state index contributed by atoms with van der Waals surface area (Å²) >= 11 is 0. The van der Waals surface area contributed by atoms with Crippen LogP contribution in [0.25, 0.3) is 164 Å². The molecule has 0 radical (unpaired) electrons. The first kappa shape index (κ1) is 43.3. The number of benzene rings is 15. The van der Waals surface area contributed by atoms with E-state index in [2.05, 4.69) is 273 Å². The second-order valence-corrected chi connectivity index (χ2v) is 20.5. The van der Waals surface area contributed by atoms with Crippen molar-refractivity contribution in [3.8, 4) is 66.8 Å². The summed E-state index contributed by atoms with van der Waals surface area (Å²) in [5, 5.41) is 19.6. The molecule has 1 nitrogen and oxygen atoms in total. The minimum absolute atomic E-state index is 0.904. The zero-order valence-electron chi connectivity index (χ0n) is 42.0. The largest absolute Gasteiger partial charge is 0.456 e. The van der Waals surface area contributed by atoms with E-state index in [4.69, 9.17) is 4.42 Å². The molecular formula is C76H46O. The third-order valence-corrected chi connectivity index (χ3v) is 16.4. The smallest absolute Gasteiger partial charge is 0.136 e. The number of fused-ring (bicyclic) bond motifs is 10. The van der Waals surface area contributed by atoms with Crippen LogP contribution in [0.5, 0.6) is 0 Å². The van der Waals surface area contributed by atoms with Crippen molar-refractivity contribution in [2.45, 2.75) is 0 Å². The van der Waals surface area contributed by atoms with Crippen LogP contribution in [0, 0.1) is 0 Å². The monoisotopic (exact) mass is 974 g/mol. The molecule has 0 aliphatic carbocycles. The van der Waals surface area contributed by atoms with Crippen LogP contribution in [0.1, 0.15) is 0 Å². The second-order valence-electron chi connectivity index (χ2n) is 20.5. The fourth-order valence-electron chi connectivity index (χ4n) is 13.1. The van der Waals surface area contributed by atoms with E-state index in [0.29, 0.717) is 0 Å². The summed E-state index contributed by atoms with van der Waals surface area (Å²) in [4.78, 5) is 0. The van der Waals surface area contributed by atoms with E-state index < -0.39 is 0 Å². The summed E-state index contributed by atoms with van der Waals surface area (Å²) < 4.78 is 6.43. The highest BCUT2D eigenvalue weighted by atomic mass is 16.3. The lowest BCUT2D eigenvalue weighted by atomic mass is 9.83. The Balaban J connectivity index is 0.806. The van der Waals surface area contributed by atoms with Crippen molar-refractivity contribution in [1.82, 2.24) is 0 Å². The normalized spacial score (nSPS) is 11.9. The first-order chi connectivity index (χ1) is 38.2. The van der Waals surface area contributed by atoms with E-state index in [-0.39, 0.29) is 0 Å². The molecule has 1 heterocycles. The Morgan fingerprint density at radius 3 is 1.05 bits per heavy atom. The van der Waals surface area contributed by atoms with Gasteiger partial charge in [-0.2, -0.15) is 0 Å². The quantitative estimate of drug-likeness (QED) is 0.151. The van der Waals surface area contributed by atoms with Gasteiger partial charge in [-0.15, -0.1) is 0 Å². The SMILES string of the molecule is c1ccc2c(-c3ccc(-c4c5ccccc5c(-c5cccc6cc(-c7ccc8c(-c9c%10ccccc%10c(-c%10cccc%11oc%12ccccc%12c%10%11)c%10ccccc9%10)cccc8c7)ccc56)c5ccccc45)cc3)cccc2c1. The maximum atomic E-state index is 6.43. The van der Waals surface area contributed by atoms with Gasteiger partial charge < -0.3 is 4.42 Å². The minimum atomic E-state index is 0.904. The van der Waals surface area contributed by atoms with E-state index in [0.717, 1.165) is 21.9 Å². The summed E-state index contributed by atoms with van der Waals surface area (Å²) in [6.45, 7) is 0. The van der Waals surface area contributed by atoms with E-state index in [1.165, 1.54) is 142 Å². The van der Waals surface area contributed by atoms with Crippen LogP contribution in [0.3, 0.4) is 0 Å². The number of hydrogen-bond donors (Lipinski definition) is 0. The summed E-state index contributed by atoms with van der Waals surface area (Å²) in [5.41, 5.74) is 16.6. The fraction of sp³-hybridized carbons (Fsp3) is 0. The molecule has 0 amide bonds. The van der Waals surface area contributed by atoms with Crippen molar-refractivity contribution in [2.24, 2.45) is 0 Å². The van der Waals surface area contributed by atoms with Crippen LogP contribution in [0.15, 0.2) is 283 Å². The second kappa shape index (κ2) is 17.2. The molecule has 0 unspecified atom stereocenters. The summed E-state index contributed by atoms with van der Waals surface area (Å²) in [5.74, 6) is 0. The average molecular weight is 975 g/mol. The molecule has 0 saturated heterocycles.